The summed E-state index contributed by atoms with van der Waals surface area (Å²) in [5.74, 6) is -0.345. The number of para-hydroxylation sites is 1. The molecule has 0 radical (unpaired) electrons. The number of hydrogen-bond acceptors (Lipinski definition) is 7. The lowest BCUT2D eigenvalue weighted by Crippen LogP contribution is -2.36. The standard InChI is InChI=1S/C20H24BNO5S/c1-2-3-10-26-20(24)17-6-4-5-14-12-15(21(25)27-19(14)17)13-16(23)7-8-18-22-9-11-28-18/h4-6,9,11,15,25H,2-3,7-8,10,12-13H2,1H3/t15-/m1/s1. The first-order chi connectivity index (χ1) is 13.6. The SMILES string of the molecule is CCCCOC(=O)c1cccc2c1OB(O)[C@@H](CC(=O)CCc1nccs1)C2. The zero-order valence-electron chi connectivity index (χ0n) is 15.9. The van der Waals surface area contributed by atoms with Gasteiger partial charge in [-0.1, -0.05) is 25.5 Å². The average Bonchev–Trinajstić information content (AvgIpc) is 3.20. The van der Waals surface area contributed by atoms with Crippen molar-refractivity contribution in [1.29, 1.82) is 0 Å². The summed E-state index contributed by atoms with van der Waals surface area (Å²) in [6.07, 6.45) is 5.19. The van der Waals surface area contributed by atoms with Crippen LogP contribution in [0.25, 0.3) is 0 Å². The van der Waals surface area contributed by atoms with Crippen LogP contribution in [0, 0.1) is 0 Å². The molecule has 1 atom stereocenters. The Kier molecular flexibility index (Phi) is 7.22. The van der Waals surface area contributed by atoms with Crippen LogP contribution in [0.2, 0.25) is 5.82 Å². The van der Waals surface area contributed by atoms with Crippen LogP contribution in [0.3, 0.4) is 0 Å². The fourth-order valence-electron chi connectivity index (χ4n) is 3.22. The van der Waals surface area contributed by atoms with Crippen molar-refractivity contribution in [2.24, 2.45) is 0 Å². The largest absolute Gasteiger partial charge is 0.535 e. The number of ether oxygens (including phenoxy) is 1. The molecule has 0 aliphatic carbocycles. The highest BCUT2D eigenvalue weighted by molar-refractivity contribution is 7.09. The van der Waals surface area contributed by atoms with Gasteiger partial charge in [0.1, 0.15) is 17.1 Å². The molecule has 1 N–H and O–H groups in total. The summed E-state index contributed by atoms with van der Waals surface area (Å²) >= 11 is 1.53. The van der Waals surface area contributed by atoms with Gasteiger partial charge in [0.05, 0.1) is 11.6 Å². The van der Waals surface area contributed by atoms with Crippen molar-refractivity contribution in [3.05, 3.63) is 45.9 Å². The lowest BCUT2D eigenvalue weighted by molar-refractivity contribution is -0.119. The number of aromatic nitrogens is 1. The summed E-state index contributed by atoms with van der Waals surface area (Å²) in [6.45, 7) is 2.38. The molecule has 2 heterocycles. The quantitative estimate of drug-likeness (QED) is 0.393. The van der Waals surface area contributed by atoms with Gasteiger partial charge in [0.25, 0.3) is 0 Å². The van der Waals surface area contributed by atoms with Crippen LogP contribution < -0.4 is 4.65 Å². The Labute approximate surface area is 169 Å². The van der Waals surface area contributed by atoms with Crippen LogP contribution in [0.15, 0.2) is 29.8 Å². The van der Waals surface area contributed by atoms with E-state index in [4.69, 9.17) is 9.39 Å². The zero-order valence-corrected chi connectivity index (χ0v) is 16.7. The fraction of sp³-hybridized carbons (Fsp3) is 0.450. The number of thiazole rings is 1. The number of carbonyl (C=O) groups is 2. The van der Waals surface area contributed by atoms with Crippen molar-refractivity contribution in [3.8, 4) is 5.75 Å². The number of benzene rings is 1. The minimum absolute atomic E-state index is 0.0708. The molecule has 0 bridgehead atoms. The minimum atomic E-state index is -1.12. The number of fused-ring (bicyclic) bond motifs is 1. The summed E-state index contributed by atoms with van der Waals surface area (Å²) in [4.78, 5) is 28.8. The lowest BCUT2D eigenvalue weighted by Gasteiger charge is -2.28. The first-order valence-corrected chi connectivity index (χ1v) is 10.5. The van der Waals surface area contributed by atoms with Crippen molar-refractivity contribution in [3.63, 3.8) is 0 Å². The Bertz CT molecular complexity index is 811. The van der Waals surface area contributed by atoms with Crippen LogP contribution in [-0.4, -0.2) is 35.5 Å². The molecule has 2 aromatic rings. The van der Waals surface area contributed by atoms with Gasteiger partial charge in [0, 0.05) is 36.7 Å². The van der Waals surface area contributed by atoms with E-state index in [9.17, 15) is 14.6 Å². The molecule has 0 unspecified atom stereocenters. The van der Waals surface area contributed by atoms with Gasteiger partial charge < -0.3 is 14.4 Å². The molecule has 28 heavy (non-hydrogen) atoms. The number of Topliss-reactive ketones (excluding diaryl/α,β-unsaturated/α-hetero) is 1. The molecule has 0 spiro atoms. The Hall–Kier alpha value is -2.19. The topological polar surface area (TPSA) is 85.7 Å². The molecule has 0 fully saturated rings. The number of nitrogens with zero attached hydrogens (tertiary/aromatic N) is 1. The Morgan fingerprint density at radius 3 is 3.04 bits per heavy atom. The second-order valence-electron chi connectivity index (χ2n) is 6.92. The number of unbranched alkanes of at least 4 members (excludes halogenated alkanes) is 1. The van der Waals surface area contributed by atoms with Gasteiger partial charge in [-0.3, -0.25) is 4.79 Å². The number of esters is 1. The lowest BCUT2D eigenvalue weighted by atomic mass is 9.64. The van der Waals surface area contributed by atoms with Gasteiger partial charge in [-0.25, -0.2) is 9.78 Å². The summed E-state index contributed by atoms with van der Waals surface area (Å²) in [5.41, 5.74) is 1.13. The summed E-state index contributed by atoms with van der Waals surface area (Å²) < 4.78 is 10.9. The first-order valence-electron chi connectivity index (χ1n) is 9.62. The Balaban J connectivity index is 1.61. The first kappa shape index (κ1) is 20.5. The van der Waals surface area contributed by atoms with Gasteiger partial charge in [-0.2, -0.15) is 0 Å². The van der Waals surface area contributed by atoms with E-state index in [0.717, 1.165) is 23.4 Å². The van der Waals surface area contributed by atoms with E-state index in [1.54, 1.807) is 18.3 Å². The van der Waals surface area contributed by atoms with Crippen molar-refractivity contribution in [2.45, 2.75) is 51.3 Å². The third kappa shape index (κ3) is 5.20. The monoisotopic (exact) mass is 401 g/mol. The van der Waals surface area contributed by atoms with E-state index in [0.29, 0.717) is 37.2 Å². The maximum atomic E-state index is 12.3. The Morgan fingerprint density at radius 2 is 2.29 bits per heavy atom. The minimum Gasteiger partial charge on any atom is -0.535 e. The van der Waals surface area contributed by atoms with Crippen LogP contribution in [0.1, 0.15) is 53.5 Å². The molecule has 1 aliphatic rings. The molecule has 1 aromatic heterocycles. The van der Waals surface area contributed by atoms with Crippen LogP contribution in [0.4, 0.5) is 0 Å². The fourth-order valence-corrected chi connectivity index (χ4v) is 3.84. The molecule has 0 saturated carbocycles. The van der Waals surface area contributed by atoms with E-state index in [2.05, 4.69) is 4.98 Å². The maximum absolute atomic E-state index is 12.3. The number of carbonyl (C=O) groups excluding carboxylic acids is 2. The molecular formula is C20H24BNO5S. The maximum Gasteiger partial charge on any atom is 0.526 e. The molecule has 3 rings (SSSR count). The van der Waals surface area contributed by atoms with Crippen molar-refractivity contribution in [1.82, 2.24) is 4.98 Å². The highest BCUT2D eigenvalue weighted by Gasteiger charge is 2.37. The van der Waals surface area contributed by atoms with Gasteiger partial charge in [0.2, 0.25) is 0 Å². The van der Waals surface area contributed by atoms with Crippen molar-refractivity contribution in [2.75, 3.05) is 6.61 Å². The molecule has 0 saturated heterocycles. The zero-order chi connectivity index (χ0) is 19.9. The number of rotatable bonds is 9. The molecule has 1 aromatic carbocycles. The highest BCUT2D eigenvalue weighted by atomic mass is 32.1. The summed E-state index contributed by atoms with van der Waals surface area (Å²) in [5, 5.41) is 13.2. The molecule has 6 nitrogen and oxygen atoms in total. The molecular weight excluding hydrogens is 377 g/mol. The summed E-state index contributed by atoms with van der Waals surface area (Å²) in [7, 11) is -1.12. The van der Waals surface area contributed by atoms with E-state index in [-0.39, 0.29) is 18.0 Å². The van der Waals surface area contributed by atoms with E-state index in [1.165, 1.54) is 11.3 Å². The van der Waals surface area contributed by atoms with E-state index < -0.39 is 13.1 Å². The van der Waals surface area contributed by atoms with Crippen LogP contribution >= 0.6 is 11.3 Å². The average molecular weight is 401 g/mol. The van der Waals surface area contributed by atoms with E-state index in [1.807, 2.05) is 18.4 Å². The summed E-state index contributed by atoms with van der Waals surface area (Å²) in [6, 6.07) is 5.27. The smallest absolute Gasteiger partial charge is 0.526 e. The molecule has 0 amide bonds. The predicted octanol–water partition coefficient (Wildman–Crippen LogP) is 3.48. The number of aryl methyl sites for hydroxylation is 1. The molecule has 1 aliphatic heterocycles. The van der Waals surface area contributed by atoms with Gasteiger partial charge in [0.15, 0.2) is 0 Å². The molecule has 8 heteroatoms. The molecule has 148 valence electrons. The second kappa shape index (κ2) is 9.84. The van der Waals surface area contributed by atoms with Gasteiger partial charge in [-0.15, -0.1) is 11.3 Å². The van der Waals surface area contributed by atoms with Gasteiger partial charge in [-0.05, 0) is 24.5 Å². The normalized spacial score (nSPS) is 15.6. The van der Waals surface area contributed by atoms with Gasteiger partial charge >= 0.3 is 13.1 Å². The number of hydrogen-bond donors (Lipinski definition) is 1. The van der Waals surface area contributed by atoms with Crippen LogP contribution in [0.5, 0.6) is 5.75 Å². The number of ketones is 1. The second-order valence-corrected chi connectivity index (χ2v) is 7.90. The Morgan fingerprint density at radius 1 is 1.43 bits per heavy atom. The van der Waals surface area contributed by atoms with E-state index >= 15 is 0 Å². The van der Waals surface area contributed by atoms with Crippen molar-refractivity contribution >= 4 is 30.2 Å². The predicted molar refractivity (Wildman–Crippen MR) is 108 cm³/mol. The third-order valence-corrected chi connectivity index (χ3v) is 5.60. The third-order valence-electron chi connectivity index (χ3n) is 4.76. The van der Waals surface area contributed by atoms with Crippen molar-refractivity contribution < 1.29 is 24.0 Å². The van der Waals surface area contributed by atoms with Crippen LogP contribution in [-0.2, 0) is 22.4 Å². The highest BCUT2D eigenvalue weighted by Crippen LogP contribution is 2.36.